The Balaban J connectivity index is 1.65. The van der Waals surface area contributed by atoms with Gasteiger partial charge in [0.15, 0.2) is 5.60 Å². The van der Waals surface area contributed by atoms with E-state index in [1.54, 1.807) is 0 Å². The molecule has 0 bridgehead atoms. The molecular formula is C32H41NO5. The molecule has 4 aliphatic carbocycles. The number of hydrogen-bond acceptors (Lipinski definition) is 6. The molecule has 0 aliphatic heterocycles. The van der Waals surface area contributed by atoms with Gasteiger partial charge < -0.3 is 14.4 Å². The number of Topliss-reactive ketones (excluding diaryl/α,β-unsaturated/α-hetero) is 2. The number of anilines is 1. The normalized spacial score (nSPS) is 32.2. The van der Waals surface area contributed by atoms with Gasteiger partial charge in [-0.3, -0.25) is 14.4 Å². The summed E-state index contributed by atoms with van der Waals surface area (Å²) in [5, 5.41) is 0. The third-order valence-corrected chi connectivity index (χ3v) is 9.85. The molecule has 3 fully saturated rings. The number of benzene rings is 1. The van der Waals surface area contributed by atoms with E-state index in [4.69, 9.17) is 9.47 Å². The lowest BCUT2D eigenvalue weighted by molar-refractivity contribution is -0.185. The molecule has 4 aliphatic rings. The number of carbonyl (C=O) groups is 3. The van der Waals surface area contributed by atoms with E-state index in [-0.39, 0.29) is 30.1 Å². The van der Waals surface area contributed by atoms with Crippen LogP contribution in [0.25, 0.3) is 0 Å². The first-order valence-electron chi connectivity index (χ1n) is 14.1. The average Bonchev–Trinajstić information content (AvgIpc) is 3.18. The smallest absolute Gasteiger partial charge is 0.303 e. The first-order valence-corrected chi connectivity index (χ1v) is 14.1. The van der Waals surface area contributed by atoms with E-state index < -0.39 is 17.0 Å². The van der Waals surface area contributed by atoms with Crippen molar-refractivity contribution in [2.45, 2.75) is 77.2 Å². The zero-order chi connectivity index (χ0) is 27.2. The predicted molar refractivity (Wildman–Crippen MR) is 147 cm³/mol. The van der Waals surface area contributed by atoms with E-state index in [1.807, 2.05) is 21.0 Å². The fourth-order valence-electron chi connectivity index (χ4n) is 8.13. The van der Waals surface area contributed by atoms with Gasteiger partial charge in [0.1, 0.15) is 12.4 Å². The van der Waals surface area contributed by atoms with Crippen molar-refractivity contribution < 1.29 is 23.9 Å². The van der Waals surface area contributed by atoms with Gasteiger partial charge >= 0.3 is 5.97 Å². The molecule has 5 rings (SSSR count). The molecule has 1 aromatic rings. The molecule has 3 unspecified atom stereocenters. The number of nitrogens with zero attached hydrogens (tertiary/aromatic N) is 1. The second-order valence-corrected chi connectivity index (χ2v) is 12.0. The largest absolute Gasteiger partial charge is 0.451 e. The van der Waals surface area contributed by atoms with Gasteiger partial charge in [0, 0.05) is 57.5 Å². The number of allylic oxidation sites excluding steroid dienone is 4. The minimum Gasteiger partial charge on any atom is -0.451 e. The lowest BCUT2D eigenvalue weighted by atomic mass is 9.51. The molecular weight excluding hydrogens is 478 g/mol. The number of hydrogen-bond donors (Lipinski definition) is 0. The van der Waals surface area contributed by atoms with Crippen molar-refractivity contribution in [2.24, 2.45) is 17.3 Å². The van der Waals surface area contributed by atoms with Crippen LogP contribution in [-0.4, -0.2) is 50.4 Å². The number of fused-ring (bicyclic) bond motifs is 4. The topological polar surface area (TPSA) is 72.9 Å². The van der Waals surface area contributed by atoms with Crippen molar-refractivity contribution in [1.29, 1.82) is 0 Å². The minimum atomic E-state index is -1.19. The highest BCUT2D eigenvalue weighted by molar-refractivity contribution is 5.92. The Morgan fingerprint density at radius 3 is 2.53 bits per heavy atom. The second kappa shape index (κ2) is 10.1. The van der Waals surface area contributed by atoms with Gasteiger partial charge in [0.25, 0.3) is 0 Å². The standard InChI is InChI=1S/C32H41NO5/c1-6-37-19-29(36)32(38-20(2)34)16-15-28-26-13-9-22-17-24(35)12-14-25(22)30(26)27(18-31(28,32)3)21-7-10-23(11-8-21)33(4)5/h7-11,26-28H,6,12-19H2,1-5H3/t26?,27?,28?,31-,32-/m0/s1. The molecule has 3 saturated carbocycles. The maximum Gasteiger partial charge on any atom is 0.303 e. The highest BCUT2D eigenvalue weighted by atomic mass is 16.6. The number of ketones is 2. The molecule has 6 heteroatoms. The molecule has 0 heterocycles. The van der Waals surface area contributed by atoms with Crippen LogP contribution in [0, 0.1) is 17.3 Å². The van der Waals surface area contributed by atoms with Crippen molar-refractivity contribution in [3.8, 4) is 0 Å². The van der Waals surface area contributed by atoms with Crippen LogP contribution in [0.3, 0.4) is 0 Å². The molecule has 0 amide bonds. The first kappa shape index (κ1) is 26.9. The zero-order valence-corrected chi connectivity index (χ0v) is 23.5. The van der Waals surface area contributed by atoms with Crippen LogP contribution in [0.5, 0.6) is 0 Å². The van der Waals surface area contributed by atoms with E-state index in [0.29, 0.717) is 31.7 Å². The Morgan fingerprint density at radius 2 is 1.87 bits per heavy atom. The van der Waals surface area contributed by atoms with Crippen LogP contribution in [-0.2, 0) is 23.9 Å². The maximum absolute atomic E-state index is 13.8. The fourth-order valence-corrected chi connectivity index (χ4v) is 8.13. The van der Waals surface area contributed by atoms with Crippen LogP contribution in [0.4, 0.5) is 5.69 Å². The Labute approximate surface area is 226 Å². The SMILES string of the molecule is CCOCC(=O)[C@@]1(OC(C)=O)CCC2C3CC=C4CC(=O)CCC4=C3C(c3ccc(N(C)C)cc3)C[C@@]21C. The van der Waals surface area contributed by atoms with Crippen LogP contribution in [0.1, 0.15) is 77.2 Å². The highest BCUT2D eigenvalue weighted by Gasteiger charge is 2.68. The maximum atomic E-state index is 13.8. The predicted octanol–water partition coefficient (Wildman–Crippen LogP) is 5.56. The number of carbonyl (C=O) groups excluding carboxylic acids is 3. The van der Waals surface area contributed by atoms with Gasteiger partial charge in [-0.15, -0.1) is 0 Å². The van der Waals surface area contributed by atoms with Crippen molar-refractivity contribution in [2.75, 3.05) is 32.2 Å². The summed E-state index contributed by atoms with van der Waals surface area (Å²) in [4.78, 5) is 40.8. The van der Waals surface area contributed by atoms with E-state index in [9.17, 15) is 14.4 Å². The van der Waals surface area contributed by atoms with Crippen molar-refractivity contribution in [3.63, 3.8) is 0 Å². The molecule has 0 saturated heterocycles. The van der Waals surface area contributed by atoms with Crippen molar-refractivity contribution in [3.05, 3.63) is 52.6 Å². The van der Waals surface area contributed by atoms with E-state index >= 15 is 0 Å². The van der Waals surface area contributed by atoms with Crippen molar-refractivity contribution in [1.82, 2.24) is 0 Å². The van der Waals surface area contributed by atoms with Crippen LogP contribution < -0.4 is 4.90 Å². The van der Waals surface area contributed by atoms with Crippen LogP contribution >= 0.6 is 0 Å². The quantitative estimate of drug-likeness (QED) is 0.439. The molecule has 204 valence electrons. The molecule has 1 aromatic carbocycles. The number of esters is 1. The summed E-state index contributed by atoms with van der Waals surface area (Å²) in [5.41, 5.74) is 4.69. The Kier molecular flexibility index (Phi) is 7.14. The van der Waals surface area contributed by atoms with Crippen LogP contribution in [0.15, 0.2) is 47.1 Å². The summed E-state index contributed by atoms with van der Waals surface area (Å²) in [6.07, 6.45) is 7.16. The summed E-state index contributed by atoms with van der Waals surface area (Å²) in [6.45, 7) is 5.86. The highest BCUT2D eigenvalue weighted by Crippen LogP contribution is 2.67. The molecule has 0 radical (unpaired) electrons. The zero-order valence-electron chi connectivity index (χ0n) is 23.5. The average molecular weight is 520 g/mol. The van der Waals surface area contributed by atoms with Gasteiger partial charge in [-0.05, 0) is 79.7 Å². The van der Waals surface area contributed by atoms with Crippen LogP contribution in [0.2, 0.25) is 0 Å². The molecule has 0 aromatic heterocycles. The Hall–Kier alpha value is -2.73. The first-order chi connectivity index (χ1) is 18.1. The fraction of sp³-hybridized carbons (Fsp3) is 0.594. The van der Waals surface area contributed by atoms with Gasteiger partial charge in [0.2, 0.25) is 5.78 Å². The number of rotatable bonds is 7. The minimum absolute atomic E-state index is 0.0426. The molecule has 0 N–H and O–H groups in total. The summed E-state index contributed by atoms with van der Waals surface area (Å²) >= 11 is 0. The lowest BCUT2D eigenvalue weighted by Crippen LogP contribution is -2.58. The molecule has 0 spiro atoms. The summed E-state index contributed by atoms with van der Waals surface area (Å²) in [6, 6.07) is 8.74. The second-order valence-electron chi connectivity index (χ2n) is 12.0. The van der Waals surface area contributed by atoms with Crippen molar-refractivity contribution >= 4 is 23.2 Å². The lowest BCUT2D eigenvalue weighted by Gasteiger charge is -2.54. The number of ether oxygens (including phenoxy) is 2. The molecule has 6 nitrogen and oxygen atoms in total. The third kappa shape index (κ3) is 4.25. The Bertz CT molecular complexity index is 1190. The third-order valence-electron chi connectivity index (χ3n) is 9.85. The summed E-state index contributed by atoms with van der Waals surface area (Å²) < 4.78 is 11.7. The van der Waals surface area contributed by atoms with E-state index in [0.717, 1.165) is 31.4 Å². The monoisotopic (exact) mass is 519 g/mol. The van der Waals surface area contributed by atoms with Gasteiger partial charge in [-0.25, -0.2) is 0 Å². The summed E-state index contributed by atoms with van der Waals surface area (Å²) in [7, 11) is 4.07. The molecule has 5 atom stereocenters. The van der Waals surface area contributed by atoms with Gasteiger partial charge in [-0.1, -0.05) is 30.7 Å². The van der Waals surface area contributed by atoms with Gasteiger partial charge in [-0.2, -0.15) is 0 Å². The summed E-state index contributed by atoms with van der Waals surface area (Å²) in [5.74, 6) is 0.358. The molecule has 38 heavy (non-hydrogen) atoms. The van der Waals surface area contributed by atoms with E-state index in [1.165, 1.54) is 29.2 Å². The Morgan fingerprint density at radius 1 is 1.13 bits per heavy atom. The van der Waals surface area contributed by atoms with Gasteiger partial charge in [0.05, 0.1) is 0 Å². The van der Waals surface area contributed by atoms with E-state index in [2.05, 4.69) is 42.2 Å².